The summed E-state index contributed by atoms with van der Waals surface area (Å²) in [5.41, 5.74) is 5.63. The van der Waals surface area contributed by atoms with E-state index in [9.17, 15) is 0 Å². The van der Waals surface area contributed by atoms with Crippen LogP contribution in [0.5, 0.6) is 0 Å². The summed E-state index contributed by atoms with van der Waals surface area (Å²) in [4.78, 5) is 6.76. The van der Waals surface area contributed by atoms with Gasteiger partial charge in [-0.25, -0.2) is 0 Å². The Balaban J connectivity index is 0.00000120. The molecule has 1 saturated carbocycles. The standard InChI is InChI=1S/C12H20N4O.ClH/c13-6-5-9-2-1-7-16(8-9)12-14-11(17-15-12)10-3-4-10;/h9-10H,1-8,13H2;1H. The van der Waals surface area contributed by atoms with Crippen LogP contribution in [0.3, 0.4) is 0 Å². The van der Waals surface area contributed by atoms with Gasteiger partial charge in [0.15, 0.2) is 0 Å². The monoisotopic (exact) mass is 272 g/mol. The van der Waals surface area contributed by atoms with Crippen molar-refractivity contribution in [2.24, 2.45) is 11.7 Å². The van der Waals surface area contributed by atoms with Gasteiger partial charge in [0.25, 0.3) is 5.95 Å². The van der Waals surface area contributed by atoms with E-state index in [1.54, 1.807) is 0 Å². The van der Waals surface area contributed by atoms with Crippen molar-refractivity contribution >= 4 is 18.4 Å². The maximum Gasteiger partial charge on any atom is 0.266 e. The molecule has 2 aliphatic rings. The van der Waals surface area contributed by atoms with Gasteiger partial charge in [0.05, 0.1) is 0 Å². The third kappa shape index (κ3) is 2.95. The SMILES string of the molecule is Cl.NCCC1CCCN(c2noc(C3CC3)n2)C1. The molecule has 0 spiro atoms. The first-order valence-corrected chi connectivity index (χ1v) is 6.65. The smallest absolute Gasteiger partial charge is 0.266 e. The Bertz CT molecular complexity index is 378. The molecule has 1 aliphatic carbocycles. The minimum Gasteiger partial charge on any atom is -0.338 e. The largest absolute Gasteiger partial charge is 0.338 e. The van der Waals surface area contributed by atoms with Crippen LogP contribution in [0.15, 0.2) is 4.52 Å². The van der Waals surface area contributed by atoms with Crippen LogP contribution < -0.4 is 10.6 Å². The first-order chi connectivity index (χ1) is 8.36. The average Bonchev–Trinajstić information content (AvgIpc) is 3.08. The summed E-state index contributed by atoms with van der Waals surface area (Å²) in [6.45, 7) is 2.85. The van der Waals surface area contributed by atoms with Crippen molar-refractivity contribution in [1.29, 1.82) is 0 Å². The van der Waals surface area contributed by atoms with Crippen LogP contribution in [-0.2, 0) is 0 Å². The van der Waals surface area contributed by atoms with Crippen LogP contribution in [0.25, 0.3) is 0 Å². The van der Waals surface area contributed by atoms with Crippen molar-refractivity contribution in [3.63, 3.8) is 0 Å². The molecule has 0 aromatic carbocycles. The Kier molecular flexibility index (Phi) is 4.45. The summed E-state index contributed by atoms with van der Waals surface area (Å²) >= 11 is 0. The number of hydrogen-bond acceptors (Lipinski definition) is 5. The Morgan fingerprint density at radius 2 is 2.17 bits per heavy atom. The number of hydrogen-bond donors (Lipinski definition) is 1. The van der Waals surface area contributed by atoms with Crippen molar-refractivity contribution in [3.05, 3.63) is 5.89 Å². The fourth-order valence-corrected chi connectivity index (χ4v) is 2.57. The normalized spacial score (nSPS) is 23.8. The van der Waals surface area contributed by atoms with E-state index in [0.717, 1.165) is 37.9 Å². The molecule has 3 rings (SSSR count). The molecule has 2 heterocycles. The molecule has 1 aromatic heterocycles. The lowest BCUT2D eigenvalue weighted by Crippen LogP contribution is -2.36. The first kappa shape index (κ1) is 13.6. The van der Waals surface area contributed by atoms with Gasteiger partial charge in [0.2, 0.25) is 5.89 Å². The van der Waals surface area contributed by atoms with Gasteiger partial charge in [0.1, 0.15) is 0 Å². The molecule has 0 bridgehead atoms. The molecule has 6 heteroatoms. The van der Waals surface area contributed by atoms with Gasteiger partial charge < -0.3 is 15.2 Å². The minimum absolute atomic E-state index is 0. The van der Waals surface area contributed by atoms with E-state index in [1.807, 2.05) is 0 Å². The molecular weight excluding hydrogens is 252 g/mol. The lowest BCUT2D eigenvalue weighted by molar-refractivity contribution is 0.367. The highest BCUT2D eigenvalue weighted by Gasteiger charge is 2.31. The van der Waals surface area contributed by atoms with Crippen molar-refractivity contribution in [2.75, 3.05) is 24.5 Å². The van der Waals surface area contributed by atoms with Crippen molar-refractivity contribution in [3.8, 4) is 0 Å². The van der Waals surface area contributed by atoms with Crippen LogP contribution in [0.1, 0.15) is 43.9 Å². The molecule has 1 aliphatic heterocycles. The van der Waals surface area contributed by atoms with E-state index >= 15 is 0 Å². The summed E-state index contributed by atoms with van der Waals surface area (Å²) in [5.74, 6) is 2.85. The average molecular weight is 273 g/mol. The van der Waals surface area contributed by atoms with Crippen molar-refractivity contribution in [2.45, 2.75) is 38.0 Å². The first-order valence-electron chi connectivity index (χ1n) is 6.65. The number of nitrogens with zero attached hydrogens (tertiary/aromatic N) is 3. The molecule has 2 N–H and O–H groups in total. The van der Waals surface area contributed by atoms with E-state index in [1.165, 1.54) is 25.7 Å². The summed E-state index contributed by atoms with van der Waals surface area (Å²) in [7, 11) is 0. The molecule has 18 heavy (non-hydrogen) atoms. The second-order valence-corrected chi connectivity index (χ2v) is 5.24. The Hall–Kier alpha value is -0.810. The number of anilines is 1. The zero-order chi connectivity index (χ0) is 11.7. The van der Waals surface area contributed by atoms with Gasteiger partial charge in [-0.05, 0) is 49.7 Å². The quantitative estimate of drug-likeness (QED) is 0.907. The molecular formula is C12H21ClN4O. The van der Waals surface area contributed by atoms with E-state index in [-0.39, 0.29) is 12.4 Å². The fraction of sp³-hybridized carbons (Fsp3) is 0.833. The van der Waals surface area contributed by atoms with E-state index in [4.69, 9.17) is 10.3 Å². The molecule has 1 unspecified atom stereocenters. The Labute approximate surface area is 114 Å². The minimum atomic E-state index is 0. The van der Waals surface area contributed by atoms with Crippen LogP contribution in [0, 0.1) is 5.92 Å². The molecule has 1 atom stereocenters. The lowest BCUT2D eigenvalue weighted by atomic mass is 9.95. The molecule has 2 fully saturated rings. The van der Waals surface area contributed by atoms with Gasteiger partial charge in [-0.2, -0.15) is 4.98 Å². The highest BCUT2D eigenvalue weighted by molar-refractivity contribution is 5.85. The number of nitrogens with two attached hydrogens (primary N) is 1. The number of piperidine rings is 1. The zero-order valence-electron chi connectivity index (χ0n) is 10.5. The maximum absolute atomic E-state index is 5.63. The van der Waals surface area contributed by atoms with E-state index < -0.39 is 0 Å². The second-order valence-electron chi connectivity index (χ2n) is 5.24. The predicted octanol–water partition coefficient (Wildman–Crippen LogP) is 1.93. The summed E-state index contributed by atoms with van der Waals surface area (Å²) < 4.78 is 5.31. The third-order valence-electron chi connectivity index (χ3n) is 3.73. The highest BCUT2D eigenvalue weighted by atomic mass is 35.5. The van der Waals surface area contributed by atoms with Gasteiger partial charge >= 0.3 is 0 Å². The molecule has 1 aromatic rings. The van der Waals surface area contributed by atoms with Gasteiger partial charge in [0, 0.05) is 19.0 Å². The Morgan fingerprint density at radius 1 is 1.33 bits per heavy atom. The molecule has 102 valence electrons. The molecule has 0 radical (unpaired) electrons. The van der Waals surface area contributed by atoms with Gasteiger partial charge in [-0.3, -0.25) is 0 Å². The highest BCUT2D eigenvalue weighted by Crippen LogP contribution is 2.39. The predicted molar refractivity (Wildman–Crippen MR) is 72.1 cm³/mol. The summed E-state index contributed by atoms with van der Waals surface area (Å²) in [5, 5.41) is 4.10. The van der Waals surface area contributed by atoms with Crippen molar-refractivity contribution < 1.29 is 4.52 Å². The summed E-state index contributed by atoms with van der Waals surface area (Å²) in [6, 6.07) is 0. The van der Waals surface area contributed by atoms with Crippen LogP contribution in [0.2, 0.25) is 0 Å². The topological polar surface area (TPSA) is 68.2 Å². The summed E-state index contributed by atoms with van der Waals surface area (Å²) in [6.07, 6.45) is 6.00. The number of halogens is 1. The van der Waals surface area contributed by atoms with Gasteiger partial charge in [-0.15, -0.1) is 12.4 Å². The van der Waals surface area contributed by atoms with E-state index in [2.05, 4.69) is 15.0 Å². The second kappa shape index (κ2) is 5.89. The molecule has 5 nitrogen and oxygen atoms in total. The molecule has 1 saturated heterocycles. The van der Waals surface area contributed by atoms with E-state index in [0.29, 0.717) is 11.8 Å². The van der Waals surface area contributed by atoms with Crippen LogP contribution in [-0.4, -0.2) is 29.8 Å². The van der Waals surface area contributed by atoms with Crippen molar-refractivity contribution in [1.82, 2.24) is 10.1 Å². The Morgan fingerprint density at radius 3 is 2.89 bits per heavy atom. The lowest BCUT2D eigenvalue weighted by Gasteiger charge is -2.31. The zero-order valence-corrected chi connectivity index (χ0v) is 11.4. The van der Waals surface area contributed by atoms with Crippen LogP contribution >= 0.6 is 12.4 Å². The third-order valence-corrected chi connectivity index (χ3v) is 3.73. The fourth-order valence-electron chi connectivity index (χ4n) is 2.57. The van der Waals surface area contributed by atoms with Gasteiger partial charge in [-0.1, -0.05) is 0 Å². The van der Waals surface area contributed by atoms with Crippen LogP contribution in [0.4, 0.5) is 5.95 Å². The maximum atomic E-state index is 5.63. The number of rotatable bonds is 4. The molecule has 0 amide bonds. The number of aromatic nitrogens is 2.